The molecule has 0 aromatic rings. The molecule has 0 radical (unpaired) electrons. The number of nitrogens with one attached hydrogen (secondary N) is 2. The molecule has 132 valence electrons. The third-order valence-corrected chi connectivity index (χ3v) is 3.10. The van der Waals surface area contributed by atoms with Gasteiger partial charge in [-0.05, 0) is 0 Å². The van der Waals surface area contributed by atoms with Gasteiger partial charge in [0.1, 0.15) is 0 Å². The van der Waals surface area contributed by atoms with Gasteiger partial charge in [0.15, 0.2) is 0 Å². The third kappa shape index (κ3) is 7.05. The molecule has 0 aromatic carbocycles. The fraction of sp³-hybridized carbons (Fsp3) is 0.600. The van der Waals surface area contributed by atoms with E-state index in [2.05, 4.69) is 10.6 Å². The zero-order valence-electron chi connectivity index (χ0n) is 13.5. The van der Waals surface area contributed by atoms with Crippen LogP contribution in [0.5, 0.6) is 0 Å². The number of carbonyl (C=O) groups excluding carboxylic acids is 4. The van der Waals surface area contributed by atoms with Gasteiger partial charge in [0.2, 0.25) is 11.8 Å². The van der Waals surface area contributed by atoms with Crippen LogP contribution in [0.25, 0.3) is 0 Å². The Kier molecular flexibility index (Phi) is 7.96. The summed E-state index contributed by atoms with van der Waals surface area (Å²) in [5, 5.41) is 5.35. The summed E-state index contributed by atoms with van der Waals surface area (Å²) in [6.45, 7) is 5.15. The van der Waals surface area contributed by atoms with Crippen LogP contribution in [0.2, 0.25) is 0 Å². The molecule has 0 bridgehead atoms. The van der Waals surface area contributed by atoms with Crippen LogP contribution in [0.1, 0.15) is 23.1 Å². The lowest BCUT2D eigenvalue weighted by atomic mass is 10.2. The lowest BCUT2D eigenvalue weighted by Gasteiger charge is -2.13. The second-order valence-electron chi connectivity index (χ2n) is 5.32. The molecule has 0 saturated carbocycles. The SMILES string of the molecule is CC(C)C(=O)NCCOCCNC(=O)CCN1C(=O)C=CC1=O.[HH].[HH]. The van der Waals surface area contributed by atoms with Gasteiger partial charge in [0.05, 0.1) is 13.2 Å². The maximum absolute atomic E-state index is 11.6. The third-order valence-electron chi connectivity index (χ3n) is 3.10. The second-order valence-corrected chi connectivity index (χ2v) is 5.32. The summed E-state index contributed by atoms with van der Waals surface area (Å²) in [4.78, 5) is 46.4. The fourth-order valence-electron chi connectivity index (χ4n) is 1.77. The number of imide groups is 1. The maximum Gasteiger partial charge on any atom is 0.253 e. The molecule has 0 atom stereocenters. The number of ether oxygens (including phenoxy) is 1. The zero-order chi connectivity index (χ0) is 17.2. The van der Waals surface area contributed by atoms with Crippen molar-refractivity contribution < 1.29 is 26.8 Å². The van der Waals surface area contributed by atoms with E-state index in [0.29, 0.717) is 26.3 Å². The van der Waals surface area contributed by atoms with E-state index in [9.17, 15) is 19.2 Å². The van der Waals surface area contributed by atoms with Gasteiger partial charge in [0, 0.05) is 47.0 Å². The Labute approximate surface area is 138 Å². The molecule has 1 aliphatic heterocycles. The first-order chi connectivity index (χ1) is 10.9. The van der Waals surface area contributed by atoms with Crippen molar-refractivity contribution in [3.05, 3.63) is 12.2 Å². The Hall–Kier alpha value is -2.22. The van der Waals surface area contributed by atoms with Crippen molar-refractivity contribution in [2.24, 2.45) is 5.92 Å². The van der Waals surface area contributed by atoms with Crippen LogP contribution in [-0.2, 0) is 23.9 Å². The van der Waals surface area contributed by atoms with Crippen LogP contribution in [0.4, 0.5) is 0 Å². The summed E-state index contributed by atoms with van der Waals surface area (Å²) < 4.78 is 5.27. The average Bonchev–Trinajstić information content (AvgIpc) is 2.82. The van der Waals surface area contributed by atoms with E-state index in [1.165, 1.54) is 12.2 Å². The first-order valence-corrected chi connectivity index (χ1v) is 7.57. The summed E-state index contributed by atoms with van der Waals surface area (Å²) in [5.74, 6) is -1.13. The molecule has 1 rings (SSSR count). The van der Waals surface area contributed by atoms with E-state index >= 15 is 0 Å². The average molecular weight is 329 g/mol. The van der Waals surface area contributed by atoms with Gasteiger partial charge < -0.3 is 15.4 Å². The molecule has 0 unspecified atom stereocenters. The number of nitrogens with zero attached hydrogens (tertiary/aromatic N) is 1. The van der Waals surface area contributed by atoms with Crippen LogP contribution < -0.4 is 10.6 Å². The smallest absolute Gasteiger partial charge is 0.253 e. The Balaban J connectivity index is 0. The Morgan fingerprint density at radius 2 is 1.70 bits per heavy atom. The van der Waals surface area contributed by atoms with E-state index in [1.54, 1.807) is 0 Å². The molecule has 4 amide bonds. The van der Waals surface area contributed by atoms with Crippen molar-refractivity contribution in [1.29, 1.82) is 0 Å². The quantitative estimate of drug-likeness (QED) is 0.423. The highest BCUT2D eigenvalue weighted by Crippen LogP contribution is 2.03. The lowest BCUT2D eigenvalue weighted by Crippen LogP contribution is -2.35. The lowest BCUT2D eigenvalue weighted by molar-refractivity contribution is -0.137. The zero-order valence-corrected chi connectivity index (χ0v) is 13.5. The number of hydrogen-bond acceptors (Lipinski definition) is 5. The van der Waals surface area contributed by atoms with Crippen LogP contribution >= 0.6 is 0 Å². The monoisotopic (exact) mass is 329 g/mol. The molecule has 1 heterocycles. The van der Waals surface area contributed by atoms with E-state index in [4.69, 9.17) is 4.74 Å². The molecule has 2 N–H and O–H groups in total. The molecule has 8 heteroatoms. The Bertz CT molecular complexity index is 480. The van der Waals surface area contributed by atoms with E-state index in [-0.39, 0.29) is 33.6 Å². The van der Waals surface area contributed by atoms with Crippen LogP contribution in [0.15, 0.2) is 12.2 Å². The molecule has 0 fully saturated rings. The van der Waals surface area contributed by atoms with E-state index < -0.39 is 11.8 Å². The summed E-state index contributed by atoms with van der Waals surface area (Å²) in [6, 6.07) is 0. The molecule has 0 spiro atoms. The highest BCUT2D eigenvalue weighted by molar-refractivity contribution is 6.13. The van der Waals surface area contributed by atoms with Gasteiger partial charge in [0.25, 0.3) is 11.8 Å². The van der Waals surface area contributed by atoms with Crippen molar-refractivity contribution in [1.82, 2.24) is 15.5 Å². The molecule has 0 saturated heterocycles. The first-order valence-electron chi connectivity index (χ1n) is 7.57. The van der Waals surface area contributed by atoms with Crippen molar-refractivity contribution in [2.45, 2.75) is 20.3 Å². The minimum atomic E-state index is -0.394. The number of rotatable bonds is 10. The van der Waals surface area contributed by atoms with Crippen LogP contribution in [-0.4, -0.2) is 61.4 Å². The van der Waals surface area contributed by atoms with Crippen molar-refractivity contribution in [3.63, 3.8) is 0 Å². The largest absolute Gasteiger partial charge is 0.378 e. The van der Waals surface area contributed by atoms with Crippen molar-refractivity contribution in [3.8, 4) is 0 Å². The standard InChI is InChI=1S/C15H23N3O5.2H2/c1-11(2)15(22)17-7-10-23-9-6-16-12(19)5-8-18-13(20)3-4-14(18)21;;/h3-4,11H,5-10H2,1-2H3,(H,16,19)(H,17,22);2*1H. The first kappa shape index (κ1) is 18.8. The molecular formula is C15H27N3O5. The number of hydrogen-bond donors (Lipinski definition) is 2. The molecule has 0 aliphatic carbocycles. The summed E-state index contributed by atoms with van der Waals surface area (Å²) in [7, 11) is 0. The van der Waals surface area contributed by atoms with Crippen molar-refractivity contribution in [2.75, 3.05) is 32.8 Å². The highest BCUT2D eigenvalue weighted by atomic mass is 16.5. The topological polar surface area (TPSA) is 105 Å². The van der Waals surface area contributed by atoms with E-state index in [1.807, 2.05) is 13.8 Å². The van der Waals surface area contributed by atoms with Crippen molar-refractivity contribution >= 4 is 23.6 Å². The molecule has 0 aromatic heterocycles. The molecule has 8 nitrogen and oxygen atoms in total. The van der Waals surface area contributed by atoms with Crippen LogP contribution in [0.3, 0.4) is 0 Å². The predicted octanol–water partition coefficient (Wildman–Crippen LogP) is -0.301. The Morgan fingerprint density at radius 3 is 2.26 bits per heavy atom. The minimum Gasteiger partial charge on any atom is -0.378 e. The van der Waals surface area contributed by atoms with E-state index in [0.717, 1.165) is 4.90 Å². The minimum absolute atomic E-state index is 0. The molecule has 23 heavy (non-hydrogen) atoms. The summed E-state index contributed by atoms with van der Waals surface area (Å²) in [6.07, 6.45) is 2.43. The maximum atomic E-state index is 11.6. The highest BCUT2D eigenvalue weighted by Gasteiger charge is 2.23. The van der Waals surface area contributed by atoms with Gasteiger partial charge in [-0.2, -0.15) is 0 Å². The molecule has 1 aliphatic rings. The molecular weight excluding hydrogens is 302 g/mol. The number of carbonyl (C=O) groups is 4. The van der Waals surface area contributed by atoms with Gasteiger partial charge in [-0.25, -0.2) is 0 Å². The predicted molar refractivity (Wildman–Crippen MR) is 86.4 cm³/mol. The Morgan fingerprint density at radius 1 is 1.13 bits per heavy atom. The fourth-order valence-corrected chi connectivity index (χ4v) is 1.77. The second kappa shape index (κ2) is 9.73. The van der Waals surface area contributed by atoms with Gasteiger partial charge in [-0.3, -0.25) is 24.1 Å². The van der Waals surface area contributed by atoms with Gasteiger partial charge >= 0.3 is 0 Å². The summed E-state index contributed by atoms with van der Waals surface area (Å²) in [5.41, 5.74) is 0. The van der Waals surface area contributed by atoms with Gasteiger partial charge in [-0.15, -0.1) is 0 Å². The van der Waals surface area contributed by atoms with Gasteiger partial charge in [-0.1, -0.05) is 13.8 Å². The number of amides is 4. The van der Waals surface area contributed by atoms with Crippen LogP contribution in [0, 0.1) is 5.92 Å². The normalized spacial score (nSPS) is 13.8. The summed E-state index contributed by atoms with van der Waals surface area (Å²) >= 11 is 0.